The summed E-state index contributed by atoms with van der Waals surface area (Å²) in [4.78, 5) is 13.4. The predicted octanol–water partition coefficient (Wildman–Crippen LogP) is 5.42. The molecule has 0 saturated heterocycles. The fourth-order valence-electron chi connectivity index (χ4n) is 3.32. The molecule has 1 aromatic carbocycles. The van der Waals surface area contributed by atoms with Crippen molar-refractivity contribution >= 4 is 51.0 Å². The van der Waals surface area contributed by atoms with Crippen molar-refractivity contribution < 1.29 is 0 Å². The van der Waals surface area contributed by atoms with Crippen molar-refractivity contribution in [2.75, 3.05) is 14.1 Å². The van der Waals surface area contributed by atoms with Gasteiger partial charge in [-0.2, -0.15) is 0 Å². The lowest BCUT2D eigenvalue weighted by Gasteiger charge is -2.35. The van der Waals surface area contributed by atoms with E-state index in [4.69, 9.17) is 33.6 Å². The number of hydrogen-bond acceptors (Lipinski definition) is 8. The van der Waals surface area contributed by atoms with Crippen molar-refractivity contribution in [3.8, 4) is 0 Å². The molecule has 0 bridgehead atoms. The molecule has 176 valence electrons. The molecule has 0 aliphatic heterocycles. The van der Waals surface area contributed by atoms with Gasteiger partial charge in [0.25, 0.3) is 0 Å². The lowest BCUT2D eigenvalue weighted by Crippen LogP contribution is -2.41. The molecule has 2 unspecified atom stereocenters. The Morgan fingerprint density at radius 3 is 2.47 bits per heavy atom. The van der Waals surface area contributed by atoms with Crippen LogP contribution < -0.4 is 11.1 Å². The van der Waals surface area contributed by atoms with E-state index in [1.165, 1.54) is 6.07 Å². The molecular formula is C22H34ClN7OS. The number of nitrogens with zero attached hydrogens (tertiary/aromatic N) is 2. The van der Waals surface area contributed by atoms with E-state index in [1.54, 1.807) is 19.3 Å². The van der Waals surface area contributed by atoms with Crippen molar-refractivity contribution in [2.45, 2.75) is 52.6 Å². The standard InChI is InChI=1S/C22H34ClN7OS/c1-13(25)7-16(10-22(2,3)4)30(6)21(27)32-20(26)19-17(23)8-14(9-18(19)29-31)15(11-24)12-28-5/h8-9,11-13,16,24,26-28H,7,10,25H2,1-6H3/b15-12+,24-11?,26-20?,27-21?. The summed E-state index contributed by atoms with van der Waals surface area (Å²) in [6, 6.07) is 3.08. The molecule has 0 aromatic heterocycles. The van der Waals surface area contributed by atoms with E-state index in [-0.39, 0.29) is 44.0 Å². The number of hydrogen-bond donors (Lipinski definition) is 5. The van der Waals surface area contributed by atoms with Crippen molar-refractivity contribution in [1.82, 2.24) is 10.2 Å². The third-order valence-electron chi connectivity index (χ3n) is 4.74. The van der Waals surface area contributed by atoms with Crippen LogP contribution in [0.1, 0.15) is 51.7 Å². The molecule has 6 N–H and O–H groups in total. The number of nitrogens with two attached hydrogens (primary N) is 1. The van der Waals surface area contributed by atoms with Crippen LogP contribution in [0.3, 0.4) is 0 Å². The largest absolute Gasteiger partial charge is 0.393 e. The van der Waals surface area contributed by atoms with Gasteiger partial charge >= 0.3 is 0 Å². The minimum absolute atomic E-state index is 0.00821. The lowest BCUT2D eigenvalue weighted by molar-refractivity contribution is 0.230. The zero-order valence-corrected chi connectivity index (χ0v) is 21.1. The van der Waals surface area contributed by atoms with E-state index in [0.29, 0.717) is 17.6 Å². The summed E-state index contributed by atoms with van der Waals surface area (Å²) in [6.07, 6.45) is 4.29. The minimum atomic E-state index is -0.0442. The number of rotatable bonds is 9. The molecule has 0 spiro atoms. The van der Waals surface area contributed by atoms with Crippen LogP contribution in [0, 0.1) is 26.5 Å². The molecule has 0 heterocycles. The van der Waals surface area contributed by atoms with E-state index in [9.17, 15) is 4.91 Å². The summed E-state index contributed by atoms with van der Waals surface area (Å²) in [5.74, 6) is 0. The van der Waals surface area contributed by atoms with Crippen LogP contribution in [0.2, 0.25) is 5.02 Å². The van der Waals surface area contributed by atoms with Gasteiger partial charge in [0.05, 0.1) is 10.6 Å². The molecule has 0 aliphatic carbocycles. The first-order valence-electron chi connectivity index (χ1n) is 10.2. The summed E-state index contributed by atoms with van der Waals surface area (Å²) in [6.45, 7) is 8.36. The Labute approximate surface area is 199 Å². The SMILES string of the molecule is CN/C=C(\C=N)c1cc(Cl)c(C(=N)SC(=N)N(C)C(CC(C)N)CC(C)(C)C)c(N=O)c1. The Kier molecular flexibility index (Phi) is 10.5. The topological polar surface area (TPSA) is 142 Å². The third-order valence-corrected chi connectivity index (χ3v) is 5.93. The second-order valence-electron chi connectivity index (χ2n) is 8.96. The monoisotopic (exact) mass is 479 g/mol. The lowest BCUT2D eigenvalue weighted by atomic mass is 9.85. The molecule has 10 heteroatoms. The zero-order valence-electron chi connectivity index (χ0n) is 19.5. The second kappa shape index (κ2) is 12.1. The zero-order chi connectivity index (χ0) is 24.6. The summed E-state index contributed by atoms with van der Waals surface area (Å²) in [5.41, 5.74) is 7.29. The Hall–Kier alpha value is -2.23. The Bertz CT molecular complexity index is 893. The molecule has 0 radical (unpaired) electrons. The maximum absolute atomic E-state index is 11.5. The fraction of sp³-hybridized carbons (Fsp3) is 0.500. The second-order valence-corrected chi connectivity index (χ2v) is 10.4. The number of halogens is 1. The van der Waals surface area contributed by atoms with Gasteiger partial charge in [0, 0.05) is 44.2 Å². The minimum Gasteiger partial charge on any atom is -0.393 e. The molecule has 0 amide bonds. The summed E-state index contributed by atoms with van der Waals surface area (Å²) in [5, 5.41) is 30.8. The number of benzene rings is 1. The number of allylic oxidation sites excluding steroid dienone is 1. The quantitative estimate of drug-likeness (QED) is 0.182. The highest BCUT2D eigenvalue weighted by atomic mass is 35.5. The van der Waals surface area contributed by atoms with Crippen LogP contribution >= 0.6 is 23.4 Å². The first kappa shape index (κ1) is 27.8. The molecule has 0 aliphatic rings. The van der Waals surface area contributed by atoms with Crippen LogP contribution in [0.15, 0.2) is 23.5 Å². The smallest absolute Gasteiger partial charge is 0.162 e. The first-order valence-corrected chi connectivity index (χ1v) is 11.4. The first-order chi connectivity index (χ1) is 14.8. The number of amidine groups is 1. The molecule has 0 saturated carbocycles. The third kappa shape index (κ3) is 8.03. The van der Waals surface area contributed by atoms with Gasteiger partial charge in [-0.15, -0.1) is 4.91 Å². The maximum atomic E-state index is 11.5. The maximum Gasteiger partial charge on any atom is 0.162 e. The van der Waals surface area contributed by atoms with Crippen LogP contribution in [0.5, 0.6) is 0 Å². The van der Waals surface area contributed by atoms with Crippen LogP contribution in [0.25, 0.3) is 5.57 Å². The summed E-state index contributed by atoms with van der Waals surface area (Å²) < 4.78 is 0. The van der Waals surface area contributed by atoms with E-state index in [0.717, 1.165) is 24.4 Å². The van der Waals surface area contributed by atoms with Gasteiger partial charge < -0.3 is 21.4 Å². The van der Waals surface area contributed by atoms with Crippen molar-refractivity contribution in [2.24, 2.45) is 16.3 Å². The van der Waals surface area contributed by atoms with Crippen molar-refractivity contribution in [3.63, 3.8) is 0 Å². The molecule has 32 heavy (non-hydrogen) atoms. The van der Waals surface area contributed by atoms with Crippen LogP contribution in [-0.4, -0.2) is 47.5 Å². The highest BCUT2D eigenvalue weighted by Gasteiger charge is 2.27. The normalized spacial score (nSPS) is 13.8. The Morgan fingerprint density at radius 1 is 1.38 bits per heavy atom. The highest BCUT2D eigenvalue weighted by molar-refractivity contribution is 8.26. The average Bonchev–Trinajstić information content (AvgIpc) is 2.68. The van der Waals surface area contributed by atoms with E-state index in [1.807, 2.05) is 18.9 Å². The summed E-state index contributed by atoms with van der Waals surface area (Å²) >= 11 is 7.33. The van der Waals surface area contributed by atoms with E-state index < -0.39 is 0 Å². The van der Waals surface area contributed by atoms with Gasteiger partial charge in [-0.1, -0.05) is 32.4 Å². The highest BCUT2D eigenvalue weighted by Crippen LogP contribution is 2.35. The number of nitrogens with one attached hydrogen (secondary N) is 4. The molecular weight excluding hydrogens is 446 g/mol. The number of thioether (sulfide) groups is 1. The molecule has 0 fully saturated rings. The van der Waals surface area contributed by atoms with Gasteiger partial charge in [-0.05, 0) is 59.8 Å². The predicted molar refractivity (Wildman–Crippen MR) is 139 cm³/mol. The van der Waals surface area contributed by atoms with Gasteiger partial charge in [0.15, 0.2) is 5.17 Å². The van der Waals surface area contributed by atoms with Gasteiger partial charge in [-0.25, -0.2) is 0 Å². The van der Waals surface area contributed by atoms with E-state index >= 15 is 0 Å². The van der Waals surface area contributed by atoms with E-state index in [2.05, 4.69) is 31.3 Å². The fourth-order valence-corrected chi connectivity index (χ4v) is 4.49. The number of nitroso groups, excluding NO2 is 1. The average molecular weight is 480 g/mol. The van der Waals surface area contributed by atoms with Crippen molar-refractivity contribution in [1.29, 1.82) is 16.2 Å². The van der Waals surface area contributed by atoms with Gasteiger partial charge in [0.1, 0.15) is 10.7 Å². The van der Waals surface area contributed by atoms with Crippen LogP contribution in [-0.2, 0) is 0 Å². The Morgan fingerprint density at radius 2 is 2.00 bits per heavy atom. The molecule has 1 rings (SSSR count). The Balaban J connectivity index is 3.19. The molecule has 1 aromatic rings. The van der Waals surface area contributed by atoms with Gasteiger partial charge in [0.2, 0.25) is 0 Å². The molecule has 8 nitrogen and oxygen atoms in total. The van der Waals surface area contributed by atoms with Crippen LogP contribution in [0.4, 0.5) is 5.69 Å². The summed E-state index contributed by atoms with van der Waals surface area (Å²) in [7, 11) is 3.52. The molecule has 2 atom stereocenters. The van der Waals surface area contributed by atoms with Gasteiger partial charge in [-0.3, -0.25) is 10.8 Å². The van der Waals surface area contributed by atoms with Crippen molar-refractivity contribution in [3.05, 3.63) is 39.4 Å².